The van der Waals surface area contributed by atoms with Crippen LogP contribution in [0.1, 0.15) is 11.1 Å². The van der Waals surface area contributed by atoms with Crippen LogP contribution in [0.5, 0.6) is 0 Å². The molecule has 7 nitrogen and oxygen atoms in total. The van der Waals surface area contributed by atoms with Crippen LogP contribution >= 0.6 is 0 Å². The number of fused-ring (bicyclic) bond motifs is 1. The molecule has 0 radical (unpaired) electrons. The molecule has 0 amide bonds. The van der Waals surface area contributed by atoms with Crippen molar-refractivity contribution in [3.05, 3.63) is 69.8 Å². The zero-order valence-corrected chi connectivity index (χ0v) is 14.5. The zero-order chi connectivity index (χ0) is 18.1. The van der Waals surface area contributed by atoms with Gasteiger partial charge in [-0.1, -0.05) is 30.3 Å². The van der Waals surface area contributed by atoms with E-state index in [0.717, 1.165) is 17.2 Å². The van der Waals surface area contributed by atoms with Crippen LogP contribution in [0.25, 0.3) is 0 Å². The van der Waals surface area contributed by atoms with Gasteiger partial charge >= 0.3 is 0 Å². The standard InChI is InChI=1S/C17H18N2O5S/c1-24-17(10-13-5-2-3-6-14(13)11-17)12-18-25(22,23)16-8-4-7-15(9-16)19(20)21/h2-9,18H,10-12H2,1H3. The Morgan fingerprint density at radius 1 is 1.16 bits per heavy atom. The molecule has 0 aromatic heterocycles. The number of nitrogens with one attached hydrogen (secondary N) is 1. The molecule has 25 heavy (non-hydrogen) atoms. The fourth-order valence-corrected chi connectivity index (χ4v) is 4.23. The first kappa shape index (κ1) is 17.5. The van der Waals surface area contributed by atoms with Gasteiger partial charge in [-0.05, 0) is 17.2 Å². The Bertz CT molecular complexity index is 886. The molecule has 3 rings (SSSR count). The highest BCUT2D eigenvalue weighted by molar-refractivity contribution is 7.89. The fourth-order valence-electron chi connectivity index (χ4n) is 3.07. The average Bonchev–Trinajstić information content (AvgIpc) is 2.99. The number of benzene rings is 2. The largest absolute Gasteiger partial charge is 0.376 e. The van der Waals surface area contributed by atoms with Crippen molar-refractivity contribution >= 4 is 15.7 Å². The highest BCUT2D eigenvalue weighted by Gasteiger charge is 2.38. The molecule has 2 aromatic carbocycles. The van der Waals surface area contributed by atoms with E-state index < -0.39 is 20.5 Å². The number of rotatable bonds is 6. The molecule has 1 aliphatic carbocycles. The topological polar surface area (TPSA) is 98.5 Å². The summed E-state index contributed by atoms with van der Waals surface area (Å²) in [6.07, 6.45) is 1.22. The third-order valence-electron chi connectivity index (χ3n) is 4.50. The fraction of sp³-hybridized carbons (Fsp3) is 0.294. The molecule has 0 saturated carbocycles. The van der Waals surface area contributed by atoms with Crippen molar-refractivity contribution < 1.29 is 18.1 Å². The van der Waals surface area contributed by atoms with Crippen LogP contribution in [0.3, 0.4) is 0 Å². The maximum atomic E-state index is 12.5. The molecule has 1 aliphatic rings. The lowest BCUT2D eigenvalue weighted by molar-refractivity contribution is -0.385. The summed E-state index contributed by atoms with van der Waals surface area (Å²) < 4.78 is 33.2. The second-order valence-corrected chi connectivity index (χ2v) is 7.86. The Labute approximate surface area is 145 Å². The monoisotopic (exact) mass is 362 g/mol. The van der Waals surface area contributed by atoms with Gasteiger partial charge in [0.25, 0.3) is 5.69 Å². The Morgan fingerprint density at radius 3 is 2.36 bits per heavy atom. The molecular formula is C17H18N2O5S. The van der Waals surface area contributed by atoms with Crippen LogP contribution in [-0.2, 0) is 27.6 Å². The molecule has 0 saturated heterocycles. The van der Waals surface area contributed by atoms with Crippen LogP contribution in [0, 0.1) is 10.1 Å². The van der Waals surface area contributed by atoms with Gasteiger partial charge in [-0.25, -0.2) is 13.1 Å². The van der Waals surface area contributed by atoms with Gasteiger partial charge in [-0.2, -0.15) is 0 Å². The molecule has 132 valence electrons. The predicted octanol–water partition coefficient (Wildman–Crippen LogP) is 2.06. The van der Waals surface area contributed by atoms with Crippen molar-refractivity contribution in [1.82, 2.24) is 4.72 Å². The molecule has 0 fully saturated rings. The highest BCUT2D eigenvalue weighted by atomic mass is 32.2. The number of hydrogen-bond donors (Lipinski definition) is 1. The molecule has 0 unspecified atom stereocenters. The Kier molecular flexibility index (Phi) is 4.59. The van der Waals surface area contributed by atoms with E-state index in [1.807, 2.05) is 24.3 Å². The van der Waals surface area contributed by atoms with Gasteiger partial charge in [0.1, 0.15) is 0 Å². The molecule has 0 atom stereocenters. The first-order valence-corrected chi connectivity index (χ1v) is 9.20. The van der Waals surface area contributed by atoms with E-state index in [-0.39, 0.29) is 17.1 Å². The van der Waals surface area contributed by atoms with Gasteiger partial charge in [0.15, 0.2) is 0 Å². The van der Waals surface area contributed by atoms with E-state index in [2.05, 4.69) is 4.72 Å². The van der Waals surface area contributed by atoms with Gasteiger partial charge in [0.05, 0.1) is 15.4 Å². The van der Waals surface area contributed by atoms with Crippen molar-refractivity contribution in [2.75, 3.05) is 13.7 Å². The smallest absolute Gasteiger partial charge is 0.270 e. The third-order valence-corrected chi connectivity index (χ3v) is 5.90. The van der Waals surface area contributed by atoms with Crippen molar-refractivity contribution in [2.24, 2.45) is 0 Å². The second-order valence-electron chi connectivity index (χ2n) is 6.09. The van der Waals surface area contributed by atoms with Crippen LogP contribution < -0.4 is 4.72 Å². The van der Waals surface area contributed by atoms with Gasteiger partial charge < -0.3 is 4.74 Å². The number of non-ortho nitro benzene ring substituents is 1. The Morgan fingerprint density at radius 2 is 1.80 bits per heavy atom. The normalized spacial score (nSPS) is 15.7. The Hall–Kier alpha value is -2.29. The minimum Gasteiger partial charge on any atom is -0.376 e. The van der Waals surface area contributed by atoms with E-state index in [4.69, 9.17) is 4.74 Å². The lowest BCUT2D eigenvalue weighted by atomic mass is 10.0. The molecule has 1 N–H and O–H groups in total. The van der Waals surface area contributed by atoms with Crippen LogP contribution in [0.15, 0.2) is 53.4 Å². The number of methoxy groups -OCH3 is 1. The lowest BCUT2D eigenvalue weighted by Gasteiger charge is -2.27. The molecule has 8 heteroatoms. The summed E-state index contributed by atoms with van der Waals surface area (Å²) in [4.78, 5) is 10.1. The summed E-state index contributed by atoms with van der Waals surface area (Å²) in [7, 11) is -2.31. The molecule has 0 bridgehead atoms. The molecule has 0 aliphatic heterocycles. The minimum absolute atomic E-state index is 0.0865. The van der Waals surface area contributed by atoms with Crippen molar-refractivity contribution in [1.29, 1.82) is 0 Å². The van der Waals surface area contributed by atoms with Gasteiger partial charge in [-0.15, -0.1) is 0 Å². The lowest BCUT2D eigenvalue weighted by Crippen LogP contribution is -2.45. The number of nitrogens with zero attached hydrogens (tertiary/aromatic N) is 1. The Balaban J connectivity index is 1.78. The van der Waals surface area contributed by atoms with Gasteiger partial charge in [0, 0.05) is 38.6 Å². The molecule has 0 heterocycles. The van der Waals surface area contributed by atoms with Crippen molar-refractivity contribution in [3.8, 4) is 0 Å². The zero-order valence-electron chi connectivity index (χ0n) is 13.6. The molecule has 2 aromatic rings. The van der Waals surface area contributed by atoms with Gasteiger partial charge in [-0.3, -0.25) is 10.1 Å². The summed E-state index contributed by atoms with van der Waals surface area (Å²) >= 11 is 0. The molecule has 0 spiro atoms. The summed E-state index contributed by atoms with van der Waals surface area (Å²) in [5.41, 5.74) is 1.35. The van der Waals surface area contributed by atoms with Crippen molar-refractivity contribution in [3.63, 3.8) is 0 Å². The van der Waals surface area contributed by atoms with E-state index in [1.54, 1.807) is 7.11 Å². The van der Waals surface area contributed by atoms with Crippen LogP contribution in [-0.4, -0.2) is 32.6 Å². The minimum atomic E-state index is -3.87. The molecular weight excluding hydrogens is 344 g/mol. The highest BCUT2D eigenvalue weighted by Crippen LogP contribution is 2.32. The SMILES string of the molecule is COC1(CNS(=O)(=O)c2cccc([N+](=O)[O-])c2)Cc2ccccc2C1. The number of nitro groups is 1. The second kappa shape index (κ2) is 6.55. The number of ether oxygens (including phenoxy) is 1. The summed E-state index contributed by atoms with van der Waals surface area (Å²) in [6, 6.07) is 12.9. The van der Waals surface area contributed by atoms with Crippen LogP contribution in [0.4, 0.5) is 5.69 Å². The van der Waals surface area contributed by atoms with Gasteiger partial charge in [0.2, 0.25) is 10.0 Å². The van der Waals surface area contributed by atoms with E-state index in [1.165, 1.54) is 18.2 Å². The quantitative estimate of drug-likeness (QED) is 0.626. The maximum absolute atomic E-state index is 12.5. The third kappa shape index (κ3) is 3.55. The average molecular weight is 362 g/mol. The summed E-state index contributed by atoms with van der Waals surface area (Å²) in [5.74, 6) is 0. The summed E-state index contributed by atoms with van der Waals surface area (Å²) in [6.45, 7) is 0.0865. The number of sulfonamides is 1. The first-order valence-electron chi connectivity index (χ1n) is 7.71. The summed E-state index contributed by atoms with van der Waals surface area (Å²) in [5, 5.41) is 10.8. The number of hydrogen-bond acceptors (Lipinski definition) is 5. The van der Waals surface area contributed by atoms with E-state index >= 15 is 0 Å². The van der Waals surface area contributed by atoms with Crippen molar-refractivity contribution in [2.45, 2.75) is 23.3 Å². The van der Waals surface area contributed by atoms with Crippen LogP contribution in [0.2, 0.25) is 0 Å². The maximum Gasteiger partial charge on any atom is 0.270 e. The predicted molar refractivity (Wildman–Crippen MR) is 91.9 cm³/mol. The number of nitro benzene ring substituents is 1. The van der Waals surface area contributed by atoms with E-state index in [0.29, 0.717) is 12.8 Å². The first-order chi connectivity index (χ1) is 11.9. The van der Waals surface area contributed by atoms with E-state index in [9.17, 15) is 18.5 Å².